The van der Waals surface area contributed by atoms with Crippen LogP contribution in [0.3, 0.4) is 0 Å². The first-order valence-corrected chi connectivity index (χ1v) is 9.53. The zero-order chi connectivity index (χ0) is 19.6. The van der Waals surface area contributed by atoms with Gasteiger partial charge in [-0.05, 0) is 74.7 Å². The van der Waals surface area contributed by atoms with E-state index in [4.69, 9.17) is 4.74 Å². The second-order valence-corrected chi connectivity index (χ2v) is 6.96. The van der Waals surface area contributed by atoms with Crippen molar-refractivity contribution in [2.45, 2.75) is 31.8 Å². The van der Waals surface area contributed by atoms with Crippen LogP contribution in [0.25, 0.3) is 0 Å². The Hall–Kier alpha value is -1.27. The second-order valence-electron chi connectivity index (χ2n) is 6.04. The van der Waals surface area contributed by atoms with Crippen LogP contribution in [0.15, 0.2) is 58.6 Å². The van der Waals surface area contributed by atoms with Crippen molar-refractivity contribution in [3.05, 3.63) is 70.0 Å². The van der Waals surface area contributed by atoms with Gasteiger partial charge in [0.25, 0.3) is 0 Å². The number of halogens is 2. The molecule has 26 heavy (non-hydrogen) atoms. The maximum absolute atomic E-state index is 13.5. The van der Waals surface area contributed by atoms with Crippen LogP contribution in [0.4, 0.5) is 4.39 Å². The summed E-state index contributed by atoms with van der Waals surface area (Å²) in [4.78, 5) is 0. The minimum absolute atomic E-state index is 0.00851. The summed E-state index contributed by atoms with van der Waals surface area (Å²) in [6.45, 7) is 7.08. The summed E-state index contributed by atoms with van der Waals surface area (Å²) in [5, 5.41) is 12.7. The van der Waals surface area contributed by atoms with Crippen molar-refractivity contribution >= 4 is 15.9 Å². The largest absolute Gasteiger partial charge is 0.396 e. The van der Waals surface area contributed by atoms with E-state index in [9.17, 15) is 9.50 Å². The average molecular weight is 426 g/mol. The molecule has 144 valence electrons. The summed E-state index contributed by atoms with van der Waals surface area (Å²) in [5.74, 6) is -0.289. The molecule has 3 nitrogen and oxygen atoms in total. The van der Waals surface area contributed by atoms with Crippen molar-refractivity contribution in [2.75, 3.05) is 27.3 Å². The summed E-state index contributed by atoms with van der Waals surface area (Å²) >= 11 is 3.50. The minimum atomic E-state index is -0.785. The SMILES string of the molecule is C=C(/C(=C\C(Br)=C/C)CCO)C(CCCNC)(OC)c1ccc(F)cc1. The fraction of sp³-hybridized carbons (Fsp3) is 0.429. The van der Waals surface area contributed by atoms with Gasteiger partial charge in [-0.3, -0.25) is 0 Å². The lowest BCUT2D eigenvalue weighted by Crippen LogP contribution is -2.33. The van der Waals surface area contributed by atoms with Crippen molar-refractivity contribution in [2.24, 2.45) is 0 Å². The molecule has 0 bridgehead atoms. The molecule has 1 rings (SSSR count). The Morgan fingerprint density at radius 2 is 2.04 bits per heavy atom. The number of hydrogen-bond acceptors (Lipinski definition) is 3. The first-order chi connectivity index (χ1) is 12.4. The lowest BCUT2D eigenvalue weighted by molar-refractivity contribution is 0.0110. The van der Waals surface area contributed by atoms with E-state index in [2.05, 4.69) is 27.8 Å². The second kappa shape index (κ2) is 11.4. The third-order valence-corrected chi connectivity index (χ3v) is 5.15. The fourth-order valence-electron chi connectivity index (χ4n) is 2.99. The molecule has 1 atom stereocenters. The van der Waals surface area contributed by atoms with Gasteiger partial charge in [0.1, 0.15) is 11.4 Å². The summed E-state index contributed by atoms with van der Waals surface area (Å²) in [6.07, 6.45) is 5.88. The summed E-state index contributed by atoms with van der Waals surface area (Å²) in [7, 11) is 3.55. The third kappa shape index (κ3) is 5.88. The zero-order valence-electron chi connectivity index (χ0n) is 15.8. The van der Waals surface area contributed by atoms with Crippen LogP contribution in [0.5, 0.6) is 0 Å². The van der Waals surface area contributed by atoms with E-state index >= 15 is 0 Å². The van der Waals surface area contributed by atoms with E-state index in [1.54, 1.807) is 19.2 Å². The van der Waals surface area contributed by atoms with Crippen molar-refractivity contribution in [1.29, 1.82) is 0 Å². The molecule has 0 aliphatic rings. The maximum atomic E-state index is 13.5. The Morgan fingerprint density at radius 1 is 1.38 bits per heavy atom. The number of allylic oxidation sites excluding steroid dienone is 3. The van der Waals surface area contributed by atoms with E-state index in [-0.39, 0.29) is 12.4 Å². The molecule has 0 fully saturated rings. The highest BCUT2D eigenvalue weighted by Crippen LogP contribution is 2.41. The van der Waals surface area contributed by atoms with E-state index < -0.39 is 5.60 Å². The standard InChI is InChI=1S/C21H29BrFNO2/c1-5-19(22)15-17(11-14-25)16(2)21(26-4,12-6-13-24-3)18-7-9-20(23)10-8-18/h5,7-10,15,24-25H,2,6,11-14H2,1,3-4H3/b17-15-,19-5+. The monoisotopic (exact) mass is 425 g/mol. The predicted molar refractivity (Wildman–Crippen MR) is 110 cm³/mol. The van der Waals surface area contributed by atoms with Crippen LogP contribution in [0.2, 0.25) is 0 Å². The molecule has 0 heterocycles. The van der Waals surface area contributed by atoms with Crippen molar-refractivity contribution in [1.82, 2.24) is 5.32 Å². The van der Waals surface area contributed by atoms with E-state index in [1.165, 1.54) is 12.1 Å². The molecule has 0 aromatic heterocycles. The summed E-state index contributed by atoms with van der Waals surface area (Å²) in [6, 6.07) is 6.35. The van der Waals surface area contributed by atoms with Crippen LogP contribution >= 0.6 is 15.9 Å². The Balaban J connectivity index is 3.42. The number of ether oxygens (including phenoxy) is 1. The number of benzene rings is 1. The van der Waals surface area contributed by atoms with E-state index in [0.29, 0.717) is 12.8 Å². The van der Waals surface area contributed by atoms with Crippen LogP contribution in [0, 0.1) is 5.82 Å². The highest BCUT2D eigenvalue weighted by molar-refractivity contribution is 9.11. The van der Waals surface area contributed by atoms with Gasteiger partial charge in [-0.1, -0.05) is 40.7 Å². The van der Waals surface area contributed by atoms with Gasteiger partial charge in [-0.25, -0.2) is 4.39 Å². The molecule has 0 saturated carbocycles. The normalized spacial score (nSPS) is 15.0. The summed E-state index contributed by atoms with van der Waals surface area (Å²) < 4.78 is 20.4. The third-order valence-electron chi connectivity index (χ3n) is 4.46. The molecule has 1 unspecified atom stereocenters. The molecule has 0 aliphatic carbocycles. The van der Waals surface area contributed by atoms with Crippen LogP contribution in [0.1, 0.15) is 31.7 Å². The van der Waals surface area contributed by atoms with Gasteiger partial charge in [-0.15, -0.1) is 0 Å². The minimum Gasteiger partial charge on any atom is -0.396 e. The Morgan fingerprint density at radius 3 is 2.54 bits per heavy atom. The van der Waals surface area contributed by atoms with Crippen LogP contribution in [-0.4, -0.2) is 32.4 Å². The molecule has 1 aromatic rings. The van der Waals surface area contributed by atoms with E-state index in [0.717, 1.165) is 34.2 Å². The van der Waals surface area contributed by atoms with Crippen LogP contribution < -0.4 is 5.32 Å². The van der Waals surface area contributed by atoms with Crippen molar-refractivity contribution in [3.8, 4) is 0 Å². The van der Waals surface area contributed by atoms with Gasteiger partial charge >= 0.3 is 0 Å². The van der Waals surface area contributed by atoms with Gasteiger partial charge in [0.2, 0.25) is 0 Å². The average Bonchev–Trinajstić information content (AvgIpc) is 2.65. The molecular formula is C21H29BrFNO2. The number of aliphatic hydroxyl groups is 1. The quantitative estimate of drug-likeness (QED) is 0.394. The van der Waals surface area contributed by atoms with Gasteiger partial charge < -0.3 is 15.2 Å². The van der Waals surface area contributed by atoms with Gasteiger partial charge in [0.15, 0.2) is 0 Å². The first-order valence-electron chi connectivity index (χ1n) is 8.74. The zero-order valence-corrected chi connectivity index (χ0v) is 17.4. The molecule has 2 N–H and O–H groups in total. The number of rotatable bonds is 11. The number of methoxy groups -OCH3 is 1. The highest BCUT2D eigenvalue weighted by Gasteiger charge is 2.36. The number of hydrogen-bond donors (Lipinski definition) is 2. The lowest BCUT2D eigenvalue weighted by atomic mass is 9.78. The highest BCUT2D eigenvalue weighted by atomic mass is 79.9. The summed E-state index contributed by atoms with van der Waals surface area (Å²) in [5.41, 5.74) is 1.73. The maximum Gasteiger partial charge on any atom is 0.123 e. The molecule has 0 saturated heterocycles. The first kappa shape index (κ1) is 22.8. The smallest absolute Gasteiger partial charge is 0.123 e. The molecule has 0 amide bonds. The van der Waals surface area contributed by atoms with Crippen molar-refractivity contribution < 1.29 is 14.2 Å². The fourth-order valence-corrected chi connectivity index (χ4v) is 3.26. The number of nitrogens with one attached hydrogen (secondary N) is 1. The Kier molecular flexibility index (Phi) is 10.0. The molecule has 5 heteroatoms. The molecule has 1 aromatic carbocycles. The molecule has 0 radical (unpaired) electrons. The topological polar surface area (TPSA) is 41.5 Å². The molecular weight excluding hydrogens is 397 g/mol. The molecule has 0 spiro atoms. The van der Waals surface area contributed by atoms with Gasteiger partial charge in [-0.2, -0.15) is 0 Å². The van der Waals surface area contributed by atoms with E-state index in [1.807, 2.05) is 26.1 Å². The lowest BCUT2D eigenvalue weighted by Gasteiger charge is -2.36. The van der Waals surface area contributed by atoms with Crippen LogP contribution in [-0.2, 0) is 10.3 Å². The van der Waals surface area contributed by atoms with Crippen molar-refractivity contribution in [3.63, 3.8) is 0 Å². The van der Waals surface area contributed by atoms with Gasteiger partial charge in [0.05, 0.1) is 0 Å². The van der Waals surface area contributed by atoms with Gasteiger partial charge in [0, 0.05) is 18.2 Å². The Bertz CT molecular complexity index is 640. The molecule has 0 aliphatic heterocycles. The predicted octanol–water partition coefficient (Wildman–Crippen LogP) is 4.83. The Labute approximate surface area is 164 Å². The number of aliphatic hydroxyl groups excluding tert-OH is 1.